The minimum Gasteiger partial charge on any atom is -0.359 e. The number of aromatic nitrogens is 1. The van der Waals surface area contributed by atoms with Gasteiger partial charge in [-0.05, 0) is 37.9 Å². The zero-order chi connectivity index (χ0) is 19.3. The molecular weight excluding hydrogens is 374 g/mol. The minimum absolute atomic E-state index is 0.0905. The third-order valence-corrected chi connectivity index (χ3v) is 7.36. The third-order valence-electron chi connectivity index (χ3n) is 6.44. The van der Waals surface area contributed by atoms with Gasteiger partial charge in [-0.25, -0.2) is 4.98 Å². The van der Waals surface area contributed by atoms with Gasteiger partial charge in [-0.3, -0.25) is 9.59 Å². The van der Waals surface area contributed by atoms with Crippen LogP contribution < -0.4 is 10.2 Å². The van der Waals surface area contributed by atoms with E-state index in [2.05, 4.69) is 25.5 Å². The second-order valence-electron chi connectivity index (χ2n) is 8.14. The summed E-state index contributed by atoms with van der Waals surface area (Å²) in [6.07, 6.45) is 4.12. The van der Waals surface area contributed by atoms with Crippen molar-refractivity contribution >= 4 is 38.9 Å². The van der Waals surface area contributed by atoms with Crippen molar-refractivity contribution < 1.29 is 9.59 Å². The van der Waals surface area contributed by atoms with Crippen LogP contribution in [0.3, 0.4) is 0 Å². The number of carbonyl (C=O) groups excluding carboxylic acids is 2. The molecule has 4 aliphatic rings. The van der Waals surface area contributed by atoms with Crippen molar-refractivity contribution in [3.63, 3.8) is 0 Å². The van der Waals surface area contributed by atoms with E-state index in [1.807, 2.05) is 13.1 Å². The molecule has 4 fully saturated rings. The number of piperazine rings is 1. The van der Waals surface area contributed by atoms with Crippen LogP contribution in [0.4, 0.5) is 5.69 Å². The molecule has 1 atom stereocenters. The van der Waals surface area contributed by atoms with Gasteiger partial charge in [-0.1, -0.05) is 0 Å². The van der Waals surface area contributed by atoms with Crippen LogP contribution in [0.2, 0.25) is 0 Å². The summed E-state index contributed by atoms with van der Waals surface area (Å²) < 4.78 is 1.04. The van der Waals surface area contributed by atoms with E-state index in [0.717, 1.165) is 42.0 Å². The van der Waals surface area contributed by atoms with Crippen LogP contribution in [0, 0.1) is 5.92 Å². The van der Waals surface area contributed by atoms with Crippen LogP contribution in [0.25, 0.3) is 10.1 Å². The lowest BCUT2D eigenvalue weighted by Gasteiger charge is -2.44. The molecule has 0 spiro atoms. The van der Waals surface area contributed by atoms with Crippen molar-refractivity contribution in [3.8, 4) is 0 Å². The number of pyridine rings is 1. The Balaban J connectivity index is 1.37. The molecule has 4 saturated heterocycles. The van der Waals surface area contributed by atoms with Gasteiger partial charge < -0.3 is 20.0 Å². The molecule has 2 amide bonds. The second-order valence-corrected chi connectivity index (χ2v) is 9.05. The van der Waals surface area contributed by atoms with E-state index in [1.165, 1.54) is 12.8 Å². The average molecular weight is 400 g/mol. The summed E-state index contributed by atoms with van der Waals surface area (Å²) in [7, 11) is 1.84. The highest BCUT2D eigenvalue weighted by atomic mass is 32.1. The Bertz CT molecular complexity index is 920. The Morgan fingerprint density at radius 3 is 2.79 bits per heavy atom. The molecule has 28 heavy (non-hydrogen) atoms. The number of hydrogen-bond acceptors (Lipinski definition) is 6. The largest absolute Gasteiger partial charge is 0.359 e. The number of piperidine rings is 3. The fourth-order valence-corrected chi connectivity index (χ4v) is 5.54. The van der Waals surface area contributed by atoms with Gasteiger partial charge in [0.25, 0.3) is 5.91 Å². The first kappa shape index (κ1) is 17.9. The molecular formula is C20H25N5O2S. The molecule has 2 aromatic rings. The Hall–Kier alpha value is -2.19. The quantitative estimate of drug-likeness (QED) is 0.845. The first-order chi connectivity index (χ1) is 13.6. The molecule has 2 aromatic heterocycles. The summed E-state index contributed by atoms with van der Waals surface area (Å²) in [6, 6.07) is 2.12. The van der Waals surface area contributed by atoms with Crippen molar-refractivity contribution in [2.75, 3.05) is 51.2 Å². The topological polar surface area (TPSA) is 68.8 Å². The van der Waals surface area contributed by atoms with Crippen molar-refractivity contribution in [2.24, 2.45) is 5.92 Å². The van der Waals surface area contributed by atoms with E-state index in [-0.39, 0.29) is 17.9 Å². The Kier molecular flexibility index (Phi) is 4.47. The molecule has 8 heteroatoms. The number of thiophene rings is 1. The fourth-order valence-electron chi connectivity index (χ4n) is 4.62. The van der Waals surface area contributed by atoms with Gasteiger partial charge in [-0.2, -0.15) is 0 Å². The van der Waals surface area contributed by atoms with Crippen molar-refractivity contribution in [1.82, 2.24) is 20.1 Å². The molecule has 0 radical (unpaired) electrons. The number of carbonyl (C=O) groups is 2. The second kappa shape index (κ2) is 7.00. The van der Waals surface area contributed by atoms with Crippen LogP contribution in [-0.2, 0) is 4.79 Å². The fraction of sp³-hybridized carbons (Fsp3) is 0.550. The molecule has 2 bridgehead atoms. The maximum atomic E-state index is 12.9. The summed E-state index contributed by atoms with van der Waals surface area (Å²) in [5.74, 6) is 0.623. The van der Waals surface area contributed by atoms with Gasteiger partial charge in [-0.15, -0.1) is 11.3 Å². The maximum Gasteiger partial charge on any atom is 0.270 e. The smallest absolute Gasteiger partial charge is 0.270 e. The summed E-state index contributed by atoms with van der Waals surface area (Å²) in [5.41, 5.74) is 1.49. The Morgan fingerprint density at radius 2 is 2.07 bits per heavy atom. The Labute approximate surface area is 168 Å². The molecule has 4 aliphatic heterocycles. The lowest BCUT2D eigenvalue weighted by molar-refractivity contribution is -0.129. The van der Waals surface area contributed by atoms with Crippen molar-refractivity contribution in [1.29, 1.82) is 0 Å². The molecule has 0 aromatic carbocycles. The van der Waals surface area contributed by atoms with Crippen LogP contribution in [0.5, 0.6) is 0 Å². The van der Waals surface area contributed by atoms with Gasteiger partial charge in [0.1, 0.15) is 5.69 Å². The number of anilines is 1. The number of nitrogens with one attached hydrogen (secondary N) is 1. The van der Waals surface area contributed by atoms with Crippen LogP contribution in [0.1, 0.15) is 23.3 Å². The summed E-state index contributed by atoms with van der Waals surface area (Å²) >= 11 is 1.61. The normalized spacial score (nSPS) is 27.5. The summed E-state index contributed by atoms with van der Waals surface area (Å²) in [5, 5.41) is 6.30. The third kappa shape index (κ3) is 3.14. The zero-order valence-electron chi connectivity index (χ0n) is 16.1. The lowest BCUT2D eigenvalue weighted by Crippen LogP contribution is -2.57. The Morgan fingerprint density at radius 1 is 1.25 bits per heavy atom. The molecule has 0 saturated carbocycles. The minimum atomic E-state index is -0.0905. The first-order valence-corrected chi connectivity index (χ1v) is 10.9. The van der Waals surface area contributed by atoms with Crippen LogP contribution >= 0.6 is 11.3 Å². The molecule has 1 unspecified atom stereocenters. The highest BCUT2D eigenvalue weighted by molar-refractivity contribution is 7.17. The van der Waals surface area contributed by atoms with Gasteiger partial charge in [0.15, 0.2) is 0 Å². The standard InChI is InChI=1S/C20H25N5O2S/c1-23-6-7-25(11-19(23)26)17-12-28-18-9-21-15(8-14(17)18)20(27)22-16-10-24-4-2-13(16)3-5-24/h8-9,12-13,16H,2-7,10-11H2,1H3,(H,22,27). The predicted molar refractivity (Wildman–Crippen MR) is 110 cm³/mol. The van der Waals surface area contributed by atoms with E-state index in [1.54, 1.807) is 22.4 Å². The number of likely N-dealkylation sites (N-methyl/N-ethyl adjacent to an activating group) is 1. The number of amides is 2. The maximum absolute atomic E-state index is 12.9. The van der Waals surface area contributed by atoms with E-state index < -0.39 is 0 Å². The number of rotatable bonds is 3. The average Bonchev–Trinajstić information content (AvgIpc) is 3.14. The van der Waals surface area contributed by atoms with Crippen molar-refractivity contribution in [2.45, 2.75) is 18.9 Å². The van der Waals surface area contributed by atoms with E-state index in [0.29, 0.717) is 24.7 Å². The van der Waals surface area contributed by atoms with E-state index in [4.69, 9.17) is 0 Å². The summed E-state index contributed by atoms with van der Waals surface area (Å²) in [4.78, 5) is 35.7. The SMILES string of the molecule is CN1CCN(c2csc3cnc(C(=O)NC4CN5CCC4CC5)cc23)CC1=O. The molecule has 7 nitrogen and oxygen atoms in total. The summed E-state index contributed by atoms with van der Waals surface area (Å²) in [6.45, 7) is 5.16. The molecule has 148 valence electrons. The highest BCUT2D eigenvalue weighted by Gasteiger charge is 2.35. The molecule has 6 rings (SSSR count). The van der Waals surface area contributed by atoms with Crippen LogP contribution in [0.15, 0.2) is 17.6 Å². The van der Waals surface area contributed by atoms with E-state index >= 15 is 0 Å². The number of nitrogens with zero attached hydrogens (tertiary/aromatic N) is 4. The number of hydrogen-bond donors (Lipinski definition) is 1. The van der Waals surface area contributed by atoms with Gasteiger partial charge in [0.2, 0.25) is 5.91 Å². The molecule has 1 N–H and O–H groups in total. The van der Waals surface area contributed by atoms with Gasteiger partial charge in [0.05, 0.1) is 16.9 Å². The monoisotopic (exact) mass is 399 g/mol. The van der Waals surface area contributed by atoms with Gasteiger partial charge in [0, 0.05) is 49.7 Å². The number of fused-ring (bicyclic) bond motifs is 4. The van der Waals surface area contributed by atoms with E-state index in [9.17, 15) is 9.59 Å². The molecule has 6 heterocycles. The van der Waals surface area contributed by atoms with Gasteiger partial charge >= 0.3 is 0 Å². The molecule has 0 aliphatic carbocycles. The highest BCUT2D eigenvalue weighted by Crippen LogP contribution is 2.34. The van der Waals surface area contributed by atoms with Crippen molar-refractivity contribution in [3.05, 3.63) is 23.3 Å². The van der Waals surface area contributed by atoms with Crippen LogP contribution in [-0.4, -0.2) is 79.0 Å². The predicted octanol–water partition coefficient (Wildman–Crippen LogP) is 1.40. The zero-order valence-corrected chi connectivity index (χ0v) is 16.9. The first-order valence-electron chi connectivity index (χ1n) is 9.98. The lowest BCUT2D eigenvalue weighted by atomic mass is 9.84.